The number of rotatable bonds is 3. The standard InChI is InChI=1S/C17H30N4OS/c1-20(2)15(22)12-18-16(19-14-6-7-14)21-10-11-23-17(13-21)8-4-3-5-9-17/h14H,3-13H2,1-2H3,(H,18,19). The van der Waals surface area contributed by atoms with E-state index in [0.717, 1.165) is 19.0 Å². The molecule has 1 heterocycles. The highest BCUT2D eigenvalue weighted by molar-refractivity contribution is 8.00. The summed E-state index contributed by atoms with van der Waals surface area (Å²) in [4.78, 5) is 20.6. The van der Waals surface area contributed by atoms with Gasteiger partial charge in [-0.25, -0.2) is 4.99 Å². The maximum atomic E-state index is 11.9. The van der Waals surface area contributed by atoms with Crippen LogP contribution in [0.3, 0.4) is 0 Å². The molecular formula is C17H30N4OS. The van der Waals surface area contributed by atoms with Crippen molar-refractivity contribution in [2.24, 2.45) is 4.99 Å². The van der Waals surface area contributed by atoms with E-state index in [2.05, 4.69) is 27.0 Å². The van der Waals surface area contributed by atoms with E-state index < -0.39 is 0 Å². The van der Waals surface area contributed by atoms with Gasteiger partial charge in [0.05, 0.1) is 0 Å². The Morgan fingerprint density at radius 2 is 2.04 bits per heavy atom. The van der Waals surface area contributed by atoms with Gasteiger partial charge < -0.3 is 15.1 Å². The zero-order valence-corrected chi connectivity index (χ0v) is 15.3. The smallest absolute Gasteiger partial charge is 0.243 e. The Hall–Kier alpha value is -0.910. The number of aliphatic imine (C=N–C) groups is 1. The van der Waals surface area contributed by atoms with Gasteiger partial charge in [0, 0.05) is 43.7 Å². The highest BCUT2D eigenvalue weighted by Gasteiger charge is 2.39. The van der Waals surface area contributed by atoms with E-state index >= 15 is 0 Å². The monoisotopic (exact) mass is 338 g/mol. The van der Waals surface area contributed by atoms with Crippen LogP contribution < -0.4 is 5.32 Å². The summed E-state index contributed by atoms with van der Waals surface area (Å²) >= 11 is 2.17. The summed E-state index contributed by atoms with van der Waals surface area (Å²) in [5.74, 6) is 2.21. The molecule has 1 aliphatic heterocycles. The molecule has 3 fully saturated rings. The Labute approximate surface area is 144 Å². The van der Waals surface area contributed by atoms with Gasteiger partial charge in [0.15, 0.2) is 5.96 Å². The Morgan fingerprint density at radius 1 is 1.30 bits per heavy atom. The van der Waals surface area contributed by atoms with Crippen molar-refractivity contribution < 1.29 is 4.79 Å². The maximum Gasteiger partial charge on any atom is 0.243 e. The molecule has 3 rings (SSSR count). The topological polar surface area (TPSA) is 47.9 Å². The normalized spacial score (nSPS) is 24.6. The van der Waals surface area contributed by atoms with Gasteiger partial charge in [0.1, 0.15) is 6.54 Å². The lowest BCUT2D eigenvalue weighted by Gasteiger charge is -2.45. The molecule has 1 N–H and O–H groups in total. The van der Waals surface area contributed by atoms with Crippen molar-refractivity contribution in [1.29, 1.82) is 0 Å². The lowest BCUT2D eigenvalue weighted by Crippen LogP contribution is -2.54. The number of likely N-dealkylation sites (N-methyl/N-ethyl adjacent to an activating group) is 1. The summed E-state index contributed by atoms with van der Waals surface area (Å²) in [7, 11) is 3.58. The first-order valence-corrected chi connectivity index (χ1v) is 9.97. The van der Waals surface area contributed by atoms with Crippen LogP contribution in [-0.2, 0) is 4.79 Å². The van der Waals surface area contributed by atoms with Crippen molar-refractivity contribution in [3.63, 3.8) is 0 Å². The molecule has 0 radical (unpaired) electrons. The molecule has 0 aromatic heterocycles. The van der Waals surface area contributed by atoms with Gasteiger partial charge in [-0.3, -0.25) is 4.79 Å². The van der Waals surface area contributed by atoms with E-state index in [1.807, 2.05) is 0 Å². The predicted octanol–water partition coefficient (Wildman–Crippen LogP) is 1.93. The first kappa shape index (κ1) is 16.9. The van der Waals surface area contributed by atoms with Crippen LogP contribution in [0.1, 0.15) is 44.9 Å². The van der Waals surface area contributed by atoms with Crippen LogP contribution >= 0.6 is 11.8 Å². The fraction of sp³-hybridized carbons (Fsp3) is 0.882. The van der Waals surface area contributed by atoms with Crippen molar-refractivity contribution in [3.8, 4) is 0 Å². The molecule has 6 heteroatoms. The molecule has 0 atom stereocenters. The minimum Gasteiger partial charge on any atom is -0.353 e. The van der Waals surface area contributed by atoms with Gasteiger partial charge in [0.2, 0.25) is 5.91 Å². The van der Waals surface area contributed by atoms with Crippen LogP contribution in [0.25, 0.3) is 0 Å². The van der Waals surface area contributed by atoms with E-state index in [1.165, 1.54) is 50.7 Å². The second kappa shape index (κ2) is 7.32. The van der Waals surface area contributed by atoms with Gasteiger partial charge in [0.25, 0.3) is 0 Å². The van der Waals surface area contributed by atoms with Gasteiger partial charge in [-0.2, -0.15) is 11.8 Å². The summed E-state index contributed by atoms with van der Waals surface area (Å²) in [6, 6.07) is 0.570. The summed E-state index contributed by atoms with van der Waals surface area (Å²) in [6.45, 7) is 2.38. The number of hydrogen-bond acceptors (Lipinski definition) is 3. The zero-order chi connectivity index (χ0) is 16.3. The van der Waals surface area contributed by atoms with E-state index in [9.17, 15) is 4.79 Å². The molecule has 1 amide bonds. The number of nitrogens with zero attached hydrogens (tertiary/aromatic N) is 3. The molecule has 130 valence electrons. The number of nitrogens with one attached hydrogen (secondary N) is 1. The average molecular weight is 339 g/mol. The second-order valence-corrected chi connectivity index (χ2v) is 8.92. The van der Waals surface area contributed by atoms with Gasteiger partial charge in [-0.15, -0.1) is 0 Å². The van der Waals surface area contributed by atoms with E-state index in [-0.39, 0.29) is 12.5 Å². The molecule has 0 aromatic carbocycles. The molecule has 2 saturated carbocycles. The number of carbonyl (C=O) groups is 1. The molecule has 5 nitrogen and oxygen atoms in total. The summed E-state index contributed by atoms with van der Waals surface area (Å²) in [5, 5.41) is 3.57. The first-order chi connectivity index (χ1) is 11.1. The van der Waals surface area contributed by atoms with Gasteiger partial charge in [-0.05, 0) is 25.7 Å². The quantitative estimate of drug-likeness (QED) is 0.631. The minimum absolute atomic E-state index is 0.0684. The number of guanidine groups is 1. The molecule has 23 heavy (non-hydrogen) atoms. The molecule has 0 aromatic rings. The van der Waals surface area contributed by atoms with Crippen molar-refractivity contribution in [3.05, 3.63) is 0 Å². The largest absolute Gasteiger partial charge is 0.353 e. The Balaban J connectivity index is 1.67. The summed E-state index contributed by atoms with van der Waals surface area (Å²) in [5.41, 5.74) is 0. The lowest BCUT2D eigenvalue weighted by molar-refractivity contribution is -0.127. The molecule has 1 spiro atoms. The number of thioether (sulfide) groups is 1. The zero-order valence-electron chi connectivity index (χ0n) is 14.5. The van der Waals surface area contributed by atoms with Crippen molar-refractivity contribution in [1.82, 2.24) is 15.1 Å². The third-order valence-electron chi connectivity index (χ3n) is 5.09. The molecule has 0 bridgehead atoms. The number of hydrogen-bond donors (Lipinski definition) is 1. The van der Waals surface area contributed by atoms with E-state index in [4.69, 9.17) is 0 Å². The predicted molar refractivity (Wildman–Crippen MR) is 97.0 cm³/mol. The average Bonchev–Trinajstić information content (AvgIpc) is 3.36. The van der Waals surface area contributed by atoms with E-state index in [0.29, 0.717) is 10.8 Å². The van der Waals surface area contributed by atoms with Crippen LogP contribution in [0.5, 0.6) is 0 Å². The first-order valence-electron chi connectivity index (χ1n) is 8.98. The van der Waals surface area contributed by atoms with E-state index in [1.54, 1.807) is 19.0 Å². The summed E-state index contributed by atoms with van der Waals surface area (Å²) in [6.07, 6.45) is 9.25. The third kappa shape index (κ3) is 4.55. The highest BCUT2D eigenvalue weighted by atomic mass is 32.2. The second-order valence-electron chi connectivity index (χ2n) is 7.36. The Morgan fingerprint density at radius 3 is 2.70 bits per heavy atom. The van der Waals surface area contributed by atoms with Gasteiger partial charge >= 0.3 is 0 Å². The fourth-order valence-corrected chi connectivity index (χ4v) is 5.02. The van der Waals surface area contributed by atoms with Crippen LogP contribution in [0.4, 0.5) is 0 Å². The summed E-state index contributed by atoms with van der Waals surface area (Å²) < 4.78 is 0.425. The van der Waals surface area contributed by atoms with Crippen molar-refractivity contribution >= 4 is 23.6 Å². The number of carbonyl (C=O) groups excluding carboxylic acids is 1. The fourth-order valence-electron chi connectivity index (χ4n) is 3.46. The minimum atomic E-state index is 0.0684. The van der Waals surface area contributed by atoms with Gasteiger partial charge in [-0.1, -0.05) is 19.3 Å². The van der Waals surface area contributed by atoms with Crippen LogP contribution in [0.15, 0.2) is 4.99 Å². The van der Waals surface area contributed by atoms with Crippen molar-refractivity contribution in [2.75, 3.05) is 39.5 Å². The number of amides is 1. The Kier molecular flexibility index (Phi) is 5.39. The maximum absolute atomic E-state index is 11.9. The van der Waals surface area contributed by atoms with Crippen molar-refractivity contribution in [2.45, 2.75) is 55.7 Å². The van der Waals surface area contributed by atoms with Crippen LogP contribution in [-0.4, -0.2) is 71.9 Å². The molecule has 1 saturated heterocycles. The van der Waals surface area contributed by atoms with Crippen LogP contribution in [0.2, 0.25) is 0 Å². The molecule has 2 aliphatic carbocycles. The third-order valence-corrected chi connectivity index (χ3v) is 6.62. The Bertz CT molecular complexity index is 450. The lowest BCUT2D eigenvalue weighted by atomic mass is 9.87. The van der Waals surface area contributed by atoms with Crippen LogP contribution in [0, 0.1) is 0 Å². The SMILES string of the molecule is CN(C)C(=O)CN=C(NC1CC1)N1CCSC2(CCCCC2)C1. The molecule has 0 unspecified atom stereocenters. The molecule has 3 aliphatic rings. The highest BCUT2D eigenvalue weighted by Crippen LogP contribution is 2.42. The molecular weight excluding hydrogens is 308 g/mol.